The summed E-state index contributed by atoms with van der Waals surface area (Å²) in [5, 5.41) is 10.8. The van der Waals surface area contributed by atoms with Crippen molar-refractivity contribution in [3.63, 3.8) is 0 Å². The van der Waals surface area contributed by atoms with Crippen molar-refractivity contribution in [3.05, 3.63) is 33.9 Å². The van der Waals surface area contributed by atoms with Gasteiger partial charge in [-0.05, 0) is 62.5 Å². The molecule has 3 rings (SSSR count). The number of rotatable bonds is 5. The van der Waals surface area contributed by atoms with Gasteiger partial charge in [0.1, 0.15) is 0 Å². The Morgan fingerprint density at radius 1 is 1.30 bits per heavy atom. The molecule has 2 fully saturated rings. The Morgan fingerprint density at radius 3 is 2.57 bits per heavy atom. The normalized spacial score (nSPS) is 28.0. The summed E-state index contributed by atoms with van der Waals surface area (Å²) in [6.45, 7) is 3.52. The summed E-state index contributed by atoms with van der Waals surface area (Å²) >= 11 is 0. The molecule has 1 aromatic carbocycles. The van der Waals surface area contributed by atoms with E-state index >= 15 is 0 Å². The number of nitrogens with zero attached hydrogens (tertiary/aromatic N) is 1. The molecule has 4 atom stereocenters. The summed E-state index contributed by atoms with van der Waals surface area (Å²) in [6.07, 6.45) is 4.82. The van der Waals surface area contributed by atoms with Crippen molar-refractivity contribution in [1.82, 2.24) is 4.72 Å². The second kappa shape index (κ2) is 5.87. The minimum Gasteiger partial charge on any atom is -0.258 e. The Labute approximate surface area is 136 Å². The van der Waals surface area contributed by atoms with E-state index in [1.54, 1.807) is 6.92 Å². The molecule has 2 aliphatic rings. The molecule has 0 radical (unpaired) electrons. The molecule has 0 aromatic heterocycles. The molecule has 1 N–H and O–H groups in total. The van der Waals surface area contributed by atoms with Gasteiger partial charge in [-0.2, -0.15) is 0 Å². The van der Waals surface area contributed by atoms with Gasteiger partial charge in [-0.15, -0.1) is 0 Å². The van der Waals surface area contributed by atoms with Gasteiger partial charge in [-0.25, -0.2) is 13.1 Å². The zero-order chi connectivity index (χ0) is 16.8. The van der Waals surface area contributed by atoms with Crippen LogP contribution in [0.25, 0.3) is 0 Å². The minimum atomic E-state index is -3.66. The Morgan fingerprint density at radius 2 is 2.04 bits per heavy atom. The highest BCUT2D eigenvalue weighted by Crippen LogP contribution is 2.49. The molecule has 23 heavy (non-hydrogen) atoms. The van der Waals surface area contributed by atoms with Crippen LogP contribution in [0.3, 0.4) is 0 Å². The minimum absolute atomic E-state index is 0.0948. The summed E-state index contributed by atoms with van der Waals surface area (Å²) in [7, 11) is -3.66. The topological polar surface area (TPSA) is 89.3 Å². The fourth-order valence-corrected chi connectivity index (χ4v) is 5.87. The van der Waals surface area contributed by atoms with Gasteiger partial charge in [0.15, 0.2) is 0 Å². The van der Waals surface area contributed by atoms with Gasteiger partial charge in [-0.1, -0.05) is 6.42 Å². The second-order valence-corrected chi connectivity index (χ2v) is 8.64. The van der Waals surface area contributed by atoms with Gasteiger partial charge < -0.3 is 0 Å². The van der Waals surface area contributed by atoms with E-state index in [0.717, 1.165) is 12.3 Å². The van der Waals surface area contributed by atoms with Crippen LogP contribution in [-0.2, 0) is 10.0 Å². The molecular formula is C16H22N2O4S. The lowest BCUT2D eigenvalue weighted by molar-refractivity contribution is -0.385. The van der Waals surface area contributed by atoms with E-state index in [2.05, 4.69) is 4.72 Å². The Bertz CT molecular complexity index is 732. The maximum absolute atomic E-state index is 12.6. The zero-order valence-corrected chi connectivity index (χ0v) is 14.2. The van der Waals surface area contributed by atoms with Gasteiger partial charge in [0, 0.05) is 18.2 Å². The summed E-state index contributed by atoms with van der Waals surface area (Å²) in [4.78, 5) is 10.4. The first kappa shape index (κ1) is 16.4. The van der Waals surface area contributed by atoms with Gasteiger partial charge in [0.2, 0.25) is 10.0 Å². The van der Waals surface area contributed by atoms with Crippen LogP contribution in [0, 0.1) is 34.8 Å². The first-order valence-corrected chi connectivity index (χ1v) is 9.53. The number of non-ortho nitro benzene ring substituents is 1. The molecule has 2 bridgehead atoms. The van der Waals surface area contributed by atoms with Crippen LogP contribution in [0.4, 0.5) is 5.69 Å². The Kier molecular flexibility index (Phi) is 4.18. The molecule has 0 spiro atoms. The van der Waals surface area contributed by atoms with Crippen LogP contribution in [0.5, 0.6) is 0 Å². The van der Waals surface area contributed by atoms with Crippen LogP contribution in [0.2, 0.25) is 0 Å². The highest BCUT2D eigenvalue weighted by molar-refractivity contribution is 7.89. The third kappa shape index (κ3) is 3.12. The van der Waals surface area contributed by atoms with Crippen molar-refractivity contribution >= 4 is 15.7 Å². The van der Waals surface area contributed by atoms with Crippen LogP contribution >= 0.6 is 0 Å². The smallest absolute Gasteiger partial charge is 0.258 e. The van der Waals surface area contributed by atoms with Gasteiger partial charge in [0.05, 0.1) is 9.82 Å². The quantitative estimate of drug-likeness (QED) is 0.660. The lowest BCUT2D eigenvalue weighted by atomic mass is 9.84. The predicted octanol–water partition coefficient (Wildman–Crippen LogP) is 3.01. The molecule has 1 aromatic rings. The average Bonchev–Trinajstić information content (AvgIpc) is 3.08. The summed E-state index contributed by atoms with van der Waals surface area (Å²) in [5.74, 6) is 1.80. The maximum Gasteiger partial charge on any atom is 0.269 e. The van der Waals surface area contributed by atoms with Gasteiger partial charge in [-0.3, -0.25) is 10.1 Å². The number of benzene rings is 1. The van der Waals surface area contributed by atoms with E-state index in [1.807, 2.05) is 6.92 Å². The van der Waals surface area contributed by atoms with E-state index in [-0.39, 0.29) is 16.6 Å². The average molecular weight is 338 g/mol. The molecule has 0 aliphatic heterocycles. The second-order valence-electron chi connectivity index (χ2n) is 6.96. The van der Waals surface area contributed by atoms with Crippen molar-refractivity contribution in [2.75, 3.05) is 0 Å². The largest absolute Gasteiger partial charge is 0.269 e. The fraction of sp³-hybridized carbons (Fsp3) is 0.625. The summed E-state index contributed by atoms with van der Waals surface area (Å²) in [5.41, 5.74) is 0.300. The lowest BCUT2D eigenvalue weighted by Crippen LogP contribution is -2.40. The number of sulfonamides is 1. The third-order valence-corrected chi connectivity index (χ3v) is 7.15. The molecule has 2 saturated carbocycles. The van der Waals surface area contributed by atoms with E-state index in [9.17, 15) is 18.5 Å². The van der Waals surface area contributed by atoms with E-state index in [1.165, 1.54) is 37.5 Å². The fourth-order valence-electron chi connectivity index (χ4n) is 4.35. The van der Waals surface area contributed by atoms with E-state index in [0.29, 0.717) is 17.4 Å². The third-order valence-electron chi connectivity index (χ3n) is 5.43. The molecule has 0 unspecified atom stereocenters. The summed E-state index contributed by atoms with van der Waals surface area (Å²) in [6, 6.07) is 3.76. The standard InChI is InChI=1S/C16H22N2O4S/c1-10-7-14(18(19)20)5-6-16(10)23(21,22)17-11(2)15-9-12-3-4-13(15)8-12/h5-7,11-13,15,17H,3-4,8-9H2,1-2H3/t11-,12+,13+,15-/m1/s1. The van der Waals surface area contributed by atoms with Crippen molar-refractivity contribution in [2.24, 2.45) is 17.8 Å². The van der Waals surface area contributed by atoms with Crippen molar-refractivity contribution < 1.29 is 13.3 Å². The first-order chi connectivity index (χ1) is 10.8. The van der Waals surface area contributed by atoms with Crippen molar-refractivity contribution in [2.45, 2.75) is 50.5 Å². The van der Waals surface area contributed by atoms with E-state index < -0.39 is 14.9 Å². The molecule has 0 amide bonds. The highest BCUT2D eigenvalue weighted by Gasteiger charge is 2.42. The molecular weight excluding hydrogens is 316 g/mol. The molecule has 2 aliphatic carbocycles. The van der Waals surface area contributed by atoms with Crippen LogP contribution in [0.15, 0.2) is 23.1 Å². The molecule has 0 saturated heterocycles. The van der Waals surface area contributed by atoms with Crippen LogP contribution < -0.4 is 4.72 Å². The summed E-state index contributed by atoms with van der Waals surface area (Å²) < 4.78 is 28.0. The number of nitro benzene ring substituents is 1. The van der Waals surface area contributed by atoms with Gasteiger partial charge >= 0.3 is 0 Å². The van der Waals surface area contributed by atoms with Crippen molar-refractivity contribution in [3.8, 4) is 0 Å². The zero-order valence-electron chi connectivity index (χ0n) is 13.4. The van der Waals surface area contributed by atoms with Crippen molar-refractivity contribution in [1.29, 1.82) is 0 Å². The monoisotopic (exact) mass is 338 g/mol. The number of fused-ring (bicyclic) bond motifs is 2. The highest BCUT2D eigenvalue weighted by atomic mass is 32.2. The number of hydrogen-bond donors (Lipinski definition) is 1. The van der Waals surface area contributed by atoms with Crippen LogP contribution in [-0.4, -0.2) is 19.4 Å². The Balaban J connectivity index is 1.77. The van der Waals surface area contributed by atoms with Gasteiger partial charge in [0.25, 0.3) is 5.69 Å². The number of aryl methyl sites for hydroxylation is 1. The lowest BCUT2D eigenvalue weighted by Gasteiger charge is -2.28. The molecule has 6 nitrogen and oxygen atoms in total. The molecule has 126 valence electrons. The predicted molar refractivity (Wildman–Crippen MR) is 86.6 cm³/mol. The van der Waals surface area contributed by atoms with E-state index in [4.69, 9.17) is 0 Å². The number of nitro groups is 1. The SMILES string of the molecule is Cc1cc([N+](=O)[O-])ccc1S(=O)(=O)N[C@H](C)[C@H]1C[C@H]2CC[C@H]1C2. The number of hydrogen-bond acceptors (Lipinski definition) is 4. The maximum atomic E-state index is 12.6. The molecule has 0 heterocycles. The van der Waals surface area contributed by atoms with Crippen LogP contribution in [0.1, 0.15) is 38.2 Å². The first-order valence-electron chi connectivity index (χ1n) is 8.05. The number of nitrogens with one attached hydrogen (secondary N) is 1. The molecule has 7 heteroatoms. The Hall–Kier alpha value is -1.47.